The van der Waals surface area contributed by atoms with Gasteiger partial charge in [-0.2, -0.15) is 0 Å². The van der Waals surface area contributed by atoms with E-state index in [0.29, 0.717) is 6.04 Å². The molecule has 2 nitrogen and oxygen atoms in total. The van der Waals surface area contributed by atoms with E-state index in [2.05, 4.69) is 47.9 Å². The molecule has 0 radical (unpaired) electrons. The second kappa shape index (κ2) is 5.54. The summed E-state index contributed by atoms with van der Waals surface area (Å²) in [5, 5.41) is 0. The average Bonchev–Trinajstić information content (AvgIpc) is 2.86. The van der Waals surface area contributed by atoms with Gasteiger partial charge in [-0.25, -0.2) is 0 Å². The number of aryl methyl sites for hydroxylation is 1. The lowest BCUT2D eigenvalue weighted by Gasteiger charge is -2.44. The second-order valence-electron chi connectivity index (χ2n) is 6.17. The number of benzene rings is 1. The summed E-state index contributed by atoms with van der Waals surface area (Å²) in [4.78, 5) is 5.36. The zero-order chi connectivity index (χ0) is 13.2. The van der Waals surface area contributed by atoms with E-state index in [1.807, 2.05) is 0 Å². The first-order chi connectivity index (χ1) is 9.29. The van der Waals surface area contributed by atoms with E-state index < -0.39 is 0 Å². The molecule has 3 rings (SSSR count). The van der Waals surface area contributed by atoms with Crippen LogP contribution in [0.3, 0.4) is 0 Å². The summed E-state index contributed by atoms with van der Waals surface area (Å²) in [7, 11) is 0. The molecule has 1 aromatic rings. The minimum absolute atomic E-state index is 0.646. The Morgan fingerprint density at radius 1 is 1.21 bits per heavy atom. The first kappa shape index (κ1) is 13.0. The maximum Gasteiger partial charge on any atom is 0.0402 e. The fourth-order valence-electron chi connectivity index (χ4n) is 3.79. The molecule has 2 aliphatic rings. The van der Waals surface area contributed by atoms with E-state index >= 15 is 0 Å². The number of para-hydroxylation sites is 1. The van der Waals surface area contributed by atoms with Crippen LogP contribution in [0.15, 0.2) is 24.3 Å². The molecule has 2 atom stereocenters. The van der Waals surface area contributed by atoms with Crippen LogP contribution in [0.2, 0.25) is 0 Å². The van der Waals surface area contributed by atoms with Crippen molar-refractivity contribution in [1.82, 2.24) is 4.90 Å². The molecule has 0 aromatic heterocycles. The molecule has 0 saturated carbocycles. The van der Waals surface area contributed by atoms with E-state index in [1.165, 1.54) is 56.6 Å². The van der Waals surface area contributed by atoms with Crippen molar-refractivity contribution in [3.63, 3.8) is 0 Å². The Balaban J connectivity index is 1.84. The molecular formula is C17H26N2. The molecule has 2 fully saturated rings. The summed E-state index contributed by atoms with van der Waals surface area (Å²) >= 11 is 0. The van der Waals surface area contributed by atoms with Gasteiger partial charge in [0.05, 0.1) is 0 Å². The van der Waals surface area contributed by atoms with Crippen molar-refractivity contribution in [2.24, 2.45) is 0 Å². The molecule has 0 spiro atoms. The van der Waals surface area contributed by atoms with Crippen LogP contribution >= 0.6 is 0 Å². The zero-order valence-corrected chi connectivity index (χ0v) is 12.3. The van der Waals surface area contributed by atoms with Crippen LogP contribution in [0.5, 0.6) is 0 Å². The lowest BCUT2D eigenvalue weighted by atomic mass is 10.0. The topological polar surface area (TPSA) is 6.48 Å². The van der Waals surface area contributed by atoms with Gasteiger partial charge < -0.3 is 4.90 Å². The van der Waals surface area contributed by atoms with Crippen LogP contribution in [-0.2, 0) is 6.42 Å². The van der Waals surface area contributed by atoms with E-state index in [1.54, 1.807) is 0 Å². The van der Waals surface area contributed by atoms with Crippen molar-refractivity contribution < 1.29 is 0 Å². The number of hydrogen-bond acceptors (Lipinski definition) is 2. The summed E-state index contributed by atoms with van der Waals surface area (Å²) in [6.07, 6.45) is 5.21. The number of rotatable bonds is 3. The summed E-state index contributed by atoms with van der Waals surface area (Å²) in [6.45, 7) is 8.44. The second-order valence-corrected chi connectivity index (χ2v) is 6.17. The Kier molecular flexibility index (Phi) is 3.79. The van der Waals surface area contributed by atoms with E-state index in [0.717, 1.165) is 6.04 Å². The molecule has 0 N–H and O–H groups in total. The van der Waals surface area contributed by atoms with Crippen molar-refractivity contribution in [3.8, 4) is 0 Å². The lowest BCUT2D eigenvalue weighted by Crippen LogP contribution is -2.55. The molecule has 0 bridgehead atoms. The monoisotopic (exact) mass is 258 g/mol. The third-order valence-electron chi connectivity index (χ3n) is 4.76. The maximum absolute atomic E-state index is 2.70. The fraction of sp³-hybridized carbons (Fsp3) is 0.647. The first-order valence-electron chi connectivity index (χ1n) is 7.88. The largest absolute Gasteiger partial charge is 0.366 e. The summed E-state index contributed by atoms with van der Waals surface area (Å²) in [5.41, 5.74) is 3.02. The predicted octanol–water partition coefficient (Wildman–Crippen LogP) is 3.31. The number of nitrogens with zero attached hydrogens (tertiary/aromatic N) is 2. The van der Waals surface area contributed by atoms with Gasteiger partial charge in [0, 0.05) is 30.9 Å². The normalized spacial score (nSPS) is 27.6. The predicted molar refractivity (Wildman–Crippen MR) is 81.8 cm³/mol. The number of hydrogen-bond donors (Lipinski definition) is 0. The van der Waals surface area contributed by atoms with E-state index in [4.69, 9.17) is 0 Å². The van der Waals surface area contributed by atoms with Crippen molar-refractivity contribution in [1.29, 1.82) is 0 Å². The zero-order valence-electron chi connectivity index (χ0n) is 12.3. The Morgan fingerprint density at radius 2 is 2.05 bits per heavy atom. The molecule has 0 aliphatic carbocycles. The standard InChI is InChI=1S/C17H26N2/c1-3-7-15-8-4-5-10-17(15)19-13-16-9-6-11-18(16)12-14(19)2/h4-5,8,10,14,16H,3,6-7,9,11-13H2,1-2H3. The van der Waals surface area contributed by atoms with Gasteiger partial charge in [-0.1, -0.05) is 31.5 Å². The Labute approximate surface area is 117 Å². The molecule has 1 aromatic carbocycles. The molecule has 2 aliphatic heterocycles. The van der Waals surface area contributed by atoms with Crippen LogP contribution in [0.1, 0.15) is 38.7 Å². The highest BCUT2D eigenvalue weighted by atomic mass is 15.3. The number of piperazine rings is 1. The van der Waals surface area contributed by atoms with Crippen molar-refractivity contribution in [2.75, 3.05) is 24.5 Å². The van der Waals surface area contributed by atoms with Crippen molar-refractivity contribution in [3.05, 3.63) is 29.8 Å². The molecule has 0 amide bonds. The van der Waals surface area contributed by atoms with Crippen LogP contribution in [-0.4, -0.2) is 36.6 Å². The highest BCUT2D eigenvalue weighted by Crippen LogP contribution is 2.31. The quantitative estimate of drug-likeness (QED) is 0.820. The van der Waals surface area contributed by atoms with Gasteiger partial charge in [0.1, 0.15) is 0 Å². The van der Waals surface area contributed by atoms with Gasteiger partial charge in [0.25, 0.3) is 0 Å². The molecule has 2 saturated heterocycles. The summed E-state index contributed by atoms with van der Waals surface area (Å²) in [6, 6.07) is 10.5. The SMILES string of the molecule is CCCc1ccccc1N1CC2CCCN2CC1C. The minimum Gasteiger partial charge on any atom is -0.366 e. The lowest BCUT2D eigenvalue weighted by molar-refractivity contribution is 0.203. The number of anilines is 1. The van der Waals surface area contributed by atoms with Crippen LogP contribution in [0, 0.1) is 0 Å². The molecule has 19 heavy (non-hydrogen) atoms. The third-order valence-corrected chi connectivity index (χ3v) is 4.76. The van der Waals surface area contributed by atoms with Gasteiger partial charge >= 0.3 is 0 Å². The Bertz CT molecular complexity index is 429. The van der Waals surface area contributed by atoms with Gasteiger partial charge in [-0.3, -0.25) is 4.90 Å². The molecule has 2 heterocycles. The third kappa shape index (κ3) is 2.51. The molecular weight excluding hydrogens is 232 g/mol. The van der Waals surface area contributed by atoms with E-state index in [-0.39, 0.29) is 0 Å². The molecule has 2 unspecified atom stereocenters. The molecule has 104 valence electrons. The van der Waals surface area contributed by atoms with E-state index in [9.17, 15) is 0 Å². The highest BCUT2D eigenvalue weighted by molar-refractivity contribution is 5.55. The van der Waals surface area contributed by atoms with Crippen molar-refractivity contribution >= 4 is 5.69 Å². The minimum atomic E-state index is 0.646. The average molecular weight is 258 g/mol. The van der Waals surface area contributed by atoms with Crippen LogP contribution in [0.4, 0.5) is 5.69 Å². The van der Waals surface area contributed by atoms with Gasteiger partial charge in [-0.05, 0) is 44.4 Å². The first-order valence-corrected chi connectivity index (χ1v) is 7.88. The summed E-state index contributed by atoms with van der Waals surface area (Å²) in [5.74, 6) is 0. The number of fused-ring (bicyclic) bond motifs is 1. The maximum atomic E-state index is 2.70. The van der Waals surface area contributed by atoms with Crippen LogP contribution in [0.25, 0.3) is 0 Å². The van der Waals surface area contributed by atoms with Crippen molar-refractivity contribution in [2.45, 2.75) is 51.6 Å². The molecule has 2 heteroatoms. The van der Waals surface area contributed by atoms with Crippen LogP contribution < -0.4 is 4.90 Å². The van der Waals surface area contributed by atoms with Gasteiger partial charge in [0.2, 0.25) is 0 Å². The Morgan fingerprint density at radius 3 is 2.89 bits per heavy atom. The smallest absolute Gasteiger partial charge is 0.0402 e. The summed E-state index contributed by atoms with van der Waals surface area (Å²) < 4.78 is 0. The fourth-order valence-corrected chi connectivity index (χ4v) is 3.79. The van der Waals surface area contributed by atoms with Gasteiger partial charge in [-0.15, -0.1) is 0 Å². The van der Waals surface area contributed by atoms with Gasteiger partial charge in [0.15, 0.2) is 0 Å². The Hall–Kier alpha value is -1.02. The highest BCUT2D eigenvalue weighted by Gasteiger charge is 2.34.